The maximum Gasteiger partial charge on any atom is 0.233 e. The van der Waals surface area contributed by atoms with E-state index in [2.05, 4.69) is 16.6 Å². The van der Waals surface area contributed by atoms with E-state index in [0.29, 0.717) is 11.3 Å². The van der Waals surface area contributed by atoms with Crippen LogP contribution in [0.2, 0.25) is 0 Å². The van der Waals surface area contributed by atoms with Crippen LogP contribution in [0.4, 0.5) is 5.69 Å². The highest BCUT2D eigenvalue weighted by molar-refractivity contribution is 7.92. The van der Waals surface area contributed by atoms with E-state index in [1.54, 1.807) is 18.2 Å². The second-order valence-electron chi connectivity index (χ2n) is 5.47. The van der Waals surface area contributed by atoms with Crippen LogP contribution in [0.15, 0.2) is 24.3 Å². The van der Waals surface area contributed by atoms with Crippen molar-refractivity contribution in [2.24, 2.45) is 11.1 Å². The van der Waals surface area contributed by atoms with Gasteiger partial charge in [0.15, 0.2) is 0 Å². The first kappa shape index (κ1) is 15.5. The standard InChI is InChI=1S/C14H20N2O2S/c1-14(2,3)11-19(17,18)16-13-9-5-4-7-12(13)8-6-10-15/h4-5,7,9,16H,10-11,15H2,1-3H3. The van der Waals surface area contributed by atoms with E-state index in [0.717, 1.165) is 0 Å². The average Bonchev–Trinajstić information content (AvgIpc) is 2.24. The van der Waals surface area contributed by atoms with Gasteiger partial charge in [-0.2, -0.15) is 0 Å². The molecule has 0 aromatic heterocycles. The number of para-hydroxylation sites is 1. The van der Waals surface area contributed by atoms with Gasteiger partial charge in [0.25, 0.3) is 0 Å². The maximum atomic E-state index is 12.1. The Bertz CT molecular complexity index is 590. The Kier molecular flexibility index (Phi) is 4.98. The summed E-state index contributed by atoms with van der Waals surface area (Å²) in [5, 5.41) is 0. The smallest absolute Gasteiger partial charge is 0.233 e. The molecule has 0 bridgehead atoms. The fourth-order valence-corrected chi connectivity index (χ4v) is 3.33. The van der Waals surface area contributed by atoms with Crippen molar-refractivity contribution in [1.82, 2.24) is 0 Å². The minimum absolute atomic E-state index is 0.0542. The molecule has 0 heterocycles. The molecule has 1 rings (SSSR count). The molecule has 1 aromatic carbocycles. The number of nitrogens with two attached hydrogens (primary N) is 1. The Labute approximate surface area is 115 Å². The van der Waals surface area contributed by atoms with Gasteiger partial charge in [0.1, 0.15) is 0 Å². The Morgan fingerprint density at radius 3 is 2.47 bits per heavy atom. The van der Waals surface area contributed by atoms with Crippen LogP contribution in [0.5, 0.6) is 0 Å². The monoisotopic (exact) mass is 280 g/mol. The summed E-state index contributed by atoms with van der Waals surface area (Å²) in [4.78, 5) is 0. The van der Waals surface area contributed by atoms with E-state index in [1.807, 2.05) is 26.8 Å². The van der Waals surface area contributed by atoms with E-state index in [1.165, 1.54) is 0 Å². The molecule has 19 heavy (non-hydrogen) atoms. The quantitative estimate of drug-likeness (QED) is 0.829. The molecule has 4 nitrogen and oxygen atoms in total. The van der Waals surface area contributed by atoms with Crippen molar-refractivity contribution < 1.29 is 8.42 Å². The summed E-state index contributed by atoms with van der Waals surface area (Å²) in [5.41, 5.74) is 6.15. The van der Waals surface area contributed by atoms with Gasteiger partial charge in [-0.3, -0.25) is 4.72 Å². The molecular formula is C14H20N2O2S. The molecule has 0 radical (unpaired) electrons. The van der Waals surface area contributed by atoms with Crippen LogP contribution in [0.1, 0.15) is 26.3 Å². The number of anilines is 1. The number of rotatable bonds is 3. The molecule has 0 aliphatic rings. The molecular weight excluding hydrogens is 260 g/mol. The van der Waals surface area contributed by atoms with E-state index >= 15 is 0 Å². The third kappa shape index (κ3) is 5.77. The van der Waals surface area contributed by atoms with Gasteiger partial charge in [-0.15, -0.1) is 0 Å². The first-order valence-corrected chi connectivity index (χ1v) is 7.67. The minimum atomic E-state index is -3.39. The lowest BCUT2D eigenvalue weighted by atomic mass is 10.0. The van der Waals surface area contributed by atoms with Crippen molar-refractivity contribution in [2.75, 3.05) is 17.0 Å². The minimum Gasteiger partial charge on any atom is -0.320 e. The number of hydrogen-bond donors (Lipinski definition) is 2. The number of benzene rings is 1. The van der Waals surface area contributed by atoms with Crippen molar-refractivity contribution in [3.05, 3.63) is 29.8 Å². The van der Waals surface area contributed by atoms with Gasteiger partial charge in [-0.05, 0) is 17.5 Å². The molecule has 0 unspecified atom stereocenters. The highest BCUT2D eigenvalue weighted by atomic mass is 32.2. The SMILES string of the molecule is CC(C)(C)CS(=O)(=O)Nc1ccccc1C#CCN. The van der Waals surface area contributed by atoms with Crippen molar-refractivity contribution in [3.63, 3.8) is 0 Å². The maximum absolute atomic E-state index is 12.1. The zero-order valence-electron chi connectivity index (χ0n) is 11.5. The Hall–Kier alpha value is -1.51. The number of nitrogens with one attached hydrogen (secondary N) is 1. The topological polar surface area (TPSA) is 72.2 Å². The van der Waals surface area contributed by atoms with Crippen LogP contribution in [-0.4, -0.2) is 20.7 Å². The number of hydrogen-bond acceptors (Lipinski definition) is 3. The van der Waals surface area contributed by atoms with Crippen molar-refractivity contribution in [1.29, 1.82) is 0 Å². The summed E-state index contributed by atoms with van der Waals surface area (Å²) < 4.78 is 26.7. The Morgan fingerprint density at radius 1 is 1.26 bits per heavy atom. The molecule has 3 N–H and O–H groups in total. The van der Waals surface area contributed by atoms with Gasteiger partial charge >= 0.3 is 0 Å². The van der Waals surface area contributed by atoms with Crippen LogP contribution in [0.25, 0.3) is 0 Å². The van der Waals surface area contributed by atoms with Crippen molar-refractivity contribution in [3.8, 4) is 11.8 Å². The summed E-state index contributed by atoms with van der Waals surface area (Å²) in [6, 6.07) is 7.03. The lowest BCUT2D eigenvalue weighted by Crippen LogP contribution is -2.26. The summed E-state index contributed by atoms with van der Waals surface area (Å²) in [7, 11) is -3.39. The summed E-state index contributed by atoms with van der Waals surface area (Å²) in [5.74, 6) is 5.63. The molecule has 0 fully saturated rings. The Morgan fingerprint density at radius 2 is 1.89 bits per heavy atom. The van der Waals surface area contributed by atoms with Gasteiger partial charge in [-0.25, -0.2) is 8.42 Å². The predicted octanol–water partition coefficient (Wildman–Crippen LogP) is 1.78. The van der Waals surface area contributed by atoms with Gasteiger partial charge in [-0.1, -0.05) is 44.7 Å². The summed E-state index contributed by atoms with van der Waals surface area (Å²) in [6.45, 7) is 5.88. The van der Waals surface area contributed by atoms with Gasteiger partial charge < -0.3 is 5.73 Å². The first-order valence-electron chi connectivity index (χ1n) is 6.02. The van der Waals surface area contributed by atoms with Crippen LogP contribution in [-0.2, 0) is 10.0 Å². The average molecular weight is 280 g/mol. The van der Waals surface area contributed by atoms with E-state index < -0.39 is 10.0 Å². The normalized spacial score (nSPS) is 11.6. The molecule has 104 valence electrons. The highest BCUT2D eigenvalue weighted by Gasteiger charge is 2.22. The highest BCUT2D eigenvalue weighted by Crippen LogP contribution is 2.20. The lowest BCUT2D eigenvalue weighted by Gasteiger charge is -2.19. The van der Waals surface area contributed by atoms with Crippen molar-refractivity contribution in [2.45, 2.75) is 20.8 Å². The number of sulfonamides is 1. The Balaban J connectivity index is 3.00. The van der Waals surface area contributed by atoms with Crippen molar-refractivity contribution >= 4 is 15.7 Å². The second kappa shape index (κ2) is 6.09. The lowest BCUT2D eigenvalue weighted by molar-refractivity contribution is 0.463. The molecule has 1 aromatic rings. The van der Waals surface area contributed by atoms with Gasteiger partial charge in [0, 0.05) is 5.56 Å². The van der Waals surface area contributed by atoms with Gasteiger partial charge in [0.2, 0.25) is 10.0 Å². The molecule has 5 heteroatoms. The fraction of sp³-hybridized carbons (Fsp3) is 0.429. The third-order valence-corrected chi connectivity index (χ3v) is 3.92. The largest absolute Gasteiger partial charge is 0.320 e. The molecule has 0 aliphatic carbocycles. The molecule has 0 saturated heterocycles. The molecule has 0 amide bonds. The van der Waals surface area contributed by atoms with E-state index in [4.69, 9.17) is 5.73 Å². The molecule has 0 spiro atoms. The zero-order chi connectivity index (χ0) is 14.5. The summed E-state index contributed by atoms with van der Waals surface area (Å²) in [6.07, 6.45) is 0. The van der Waals surface area contributed by atoms with E-state index in [9.17, 15) is 8.42 Å². The molecule has 0 atom stereocenters. The van der Waals surface area contributed by atoms with Crippen LogP contribution < -0.4 is 10.5 Å². The summed E-state index contributed by atoms with van der Waals surface area (Å²) >= 11 is 0. The van der Waals surface area contributed by atoms with E-state index in [-0.39, 0.29) is 17.7 Å². The predicted molar refractivity (Wildman–Crippen MR) is 79.2 cm³/mol. The van der Waals surface area contributed by atoms with Crippen LogP contribution in [0, 0.1) is 17.3 Å². The molecule has 0 saturated carbocycles. The second-order valence-corrected chi connectivity index (χ2v) is 7.20. The third-order valence-electron chi connectivity index (χ3n) is 2.14. The van der Waals surface area contributed by atoms with Crippen LogP contribution >= 0.6 is 0 Å². The van der Waals surface area contributed by atoms with Gasteiger partial charge in [0.05, 0.1) is 18.0 Å². The first-order chi connectivity index (χ1) is 8.73. The fourth-order valence-electron chi connectivity index (χ4n) is 1.60. The zero-order valence-corrected chi connectivity index (χ0v) is 12.3. The molecule has 0 aliphatic heterocycles. The van der Waals surface area contributed by atoms with Crippen LogP contribution in [0.3, 0.4) is 0 Å².